The van der Waals surface area contributed by atoms with Crippen LogP contribution in [0.1, 0.15) is 106 Å². The molecule has 4 aliphatic rings. The molecule has 1 heteroatoms. The van der Waals surface area contributed by atoms with Crippen LogP contribution in [-0.2, 0) is 0 Å². The van der Waals surface area contributed by atoms with Gasteiger partial charge in [-0.15, -0.1) is 0 Å². The Morgan fingerprint density at radius 2 is 1.74 bits per heavy atom. The highest BCUT2D eigenvalue weighted by molar-refractivity contribution is 5.28. The molecule has 4 rings (SSSR count). The van der Waals surface area contributed by atoms with Crippen molar-refractivity contribution in [1.29, 1.82) is 0 Å². The van der Waals surface area contributed by atoms with Crippen molar-refractivity contribution in [2.45, 2.75) is 112 Å². The van der Waals surface area contributed by atoms with Gasteiger partial charge in [-0.25, -0.2) is 0 Å². The molecule has 0 saturated heterocycles. The quantitative estimate of drug-likeness (QED) is 0.439. The van der Waals surface area contributed by atoms with Crippen LogP contribution in [0.5, 0.6) is 0 Å². The molecule has 3 saturated carbocycles. The third kappa shape index (κ3) is 3.79. The van der Waals surface area contributed by atoms with Crippen LogP contribution in [0.3, 0.4) is 0 Å². The second-order valence-corrected chi connectivity index (χ2v) is 12.9. The highest BCUT2D eigenvalue weighted by Crippen LogP contribution is 2.67. The van der Waals surface area contributed by atoms with Gasteiger partial charge in [-0.1, -0.05) is 64.8 Å². The minimum absolute atomic E-state index is 0.0773. The van der Waals surface area contributed by atoms with E-state index >= 15 is 0 Å². The molecule has 1 nitrogen and oxygen atoms in total. The van der Waals surface area contributed by atoms with E-state index < -0.39 is 0 Å². The van der Waals surface area contributed by atoms with Gasteiger partial charge in [-0.3, -0.25) is 0 Å². The van der Waals surface area contributed by atoms with E-state index in [0.29, 0.717) is 28.6 Å². The predicted octanol–water partition coefficient (Wildman–Crippen LogP) is 8.19. The van der Waals surface area contributed by atoms with Crippen LogP contribution in [0.4, 0.5) is 0 Å². The van der Waals surface area contributed by atoms with Crippen LogP contribution < -0.4 is 0 Å². The van der Waals surface area contributed by atoms with Crippen molar-refractivity contribution in [3.05, 3.63) is 23.3 Å². The highest BCUT2D eigenvalue weighted by Gasteiger charge is 2.59. The van der Waals surface area contributed by atoms with Gasteiger partial charge < -0.3 is 5.11 Å². The maximum atomic E-state index is 10.5. The molecule has 0 aromatic rings. The SMILES string of the molecule is C/C=C(\CC[C@@H](C)[C@H]1CC[C@H]2C3=CC[C@H]4[C@@H](C)[C@@H](O)CC[C@@]4(C)[C@@H]3CC[C@@]12C)C(C)C. The second-order valence-electron chi connectivity index (χ2n) is 12.9. The van der Waals surface area contributed by atoms with Crippen molar-refractivity contribution in [2.75, 3.05) is 0 Å². The molecule has 0 aliphatic heterocycles. The summed E-state index contributed by atoms with van der Waals surface area (Å²) in [5.41, 5.74) is 4.45. The first-order chi connectivity index (χ1) is 14.6. The van der Waals surface area contributed by atoms with Gasteiger partial charge in [0.1, 0.15) is 0 Å². The van der Waals surface area contributed by atoms with Crippen molar-refractivity contribution >= 4 is 0 Å². The molecule has 176 valence electrons. The summed E-state index contributed by atoms with van der Waals surface area (Å²) in [5, 5.41) is 10.5. The fourth-order valence-corrected chi connectivity index (χ4v) is 9.28. The molecule has 0 bridgehead atoms. The lowest BCUT2D eigenvalue weighted by Gasteiger charge is -2.59. The normalized spacial score (nSPS) is 46.2. The zero-order chi connectivity index (χ0) is 22.6. The zero-order valence-corrected chi connectivity index (χ0v) is 21.6. The van der Waals surface area contributed by atoms with E-state index in [0.717, 1.165) is 30.1 Å². The number of hydrogen-bond acceptors (Lipinski definition) is 1. The molecule has 4 aliphatic carbocycles. The van der Waals surface area contributed by atoms with E-state index in [1.165, 1.54) is 51.4 Å². The average Bonchev–Trinajstić information content (AvgIpc) is 3.08. The largest absolute Gasteiger partial charge is 0.393 e. The molecular weight excluding hydrogens is 376 g/mol. The molecule has 3 fully saturated rings. The van der Waals surface area contributed by atoms with Crippen molar-refractivity contribution < 1.29 is 5.11 Å². The fraction of sp³-hybridized carbons (Fsp3) is 0.867. The maximum Gasteiger partial charge on any atom is 0.0568 e. The summed E-state index contributed by atoms with van der Waals surface area (Å²) >= 11 is 0. The van der Waals surface area contributed by atoms with Crippen LogP contribution in [0.25, 0.3) is 0 Å². The Kier molecular flexibility index (Phi) is 6.59. The standard InChI is InChI=1S/C30H50O/c1-8-22(19(2)3)10-9-20(4)24-13-14-26-23-11-12-25-21(5)28(31)16-18-30(25,7)27(23)15-17-29(24,26)6/h8,11,19-21,24-28,31H,9-10,12-18H2,1-7H3/b22-8+/t20-,21-,24-,25+,26+,27-,28+,29+,30-/m1/s1. The molecule has 1 N–H and O–H groups in total. The minimum atomic E-state index is -0.0773. The van der Waals surface area contributed by atoms with Crippen molar-refractivity contribution in [2.24, 2.45) is 52.3 Å². The lowest BCUT2D eigenvalue weighted by Crippen LogP contribution is -2.52. The summed E-state index contributed by atoms with van der Waals surface area (Å²) in [6.07, 6.45) is 16.8. The predicted molar refractivity (Wildman–Crippen MR) is 133 cm³/mol. The molecule has 0 radical (unpaired) electrons. The van der Waals surface area contributed by atoms with E-state index in [-0.39, 0.29) is 6.10 Å². The lowest BCUT2D eigenvalue weighted by atomic mass is 9.46. The Morgan fingerprint density at radius 3 is 2.42 bits per heavy atom. The molecular formula is C30H50O. The monoisotopic (exact) mass is 426 g/mol. The third-order valence-electron chi connectivity index (χ3n) is 11.3. The van der Waals surface area contributed by atoms with E-state index in [4.69, 9.17) is 0 Å². The van der Waals surface area contributed by atoms with Gasteiger partial charge in [0.2, 0.25) is 0 Å². The number of hydrogen-bond donors (Lipinski definition) is 1. The van der Waals surface area contributed by atoms with Crippen LogP contribution >= 0.6 is 0 Å². The fourth-order valence-electron chi connectivity index (χ4n) is 9.28. The van der Waals surface area contributed by atoms with Gasteiger partial charge in [0.25, 0.3) is 0 Å². The van der Waals surface area contributed by atoms with E-state index in [9.17, 15) is 5.11 Å². The summed E-state index contributed by atoms with van der Waals surface area (Å²) in [6.45, 7) is 17.1. The third-order valence-corrected chi connectivity index (χ3v) is 11.3. The maximum absolute atomic E-state index is 10.5. The first-order valence-electron chi connectivity index (χ1n) is 13.7. The van der Waals surface area contributed by atoms with Crippen LogP contribution in [0.2, 0.25) is 0 Å². The van der Waals surface area contributed by atoms with Gasteiger partial charge in [-0.2, -0.15) is 0 Å². The highest BCUT2D eigenvalue weighted by atomic mass is 16.3. The van der Waals surface area contributed by atoms with Gasteiger partial charge in [0, 0.05) is 0 Å². The van der Waals surface area contributed by atoms with Gasteiger partial charge in [0.05, 0.1) is 6.10 Å². The molecule has 0 spiro atoms. The van der Waals surface area contributed by atoms with Crippen molar-refractivity contribution in [1.82, 2.24) is 0 Å². The van der Waals surface area contributed by atoms with Gasteiger partial charge in [-0.05, 0) is 117 Å². The van der Waals surface area contributed by atoms with Crippen LogP contribution in [0, 0.1) is 52.3 Å². The van der Waals surface area contributed by atoms with E-state index in [2.05, 4.69) is 60.6 Å². The second kappa shape index (κ2) is 8.66. The molecule has 31 heavy (non-hydrogen) atoms. The first kappa shape index (κ1) is 23.6. The van der Waals surface area contributed by atoms with Crippen LogP contribution in [-0.4, -0.2) is 11.2 Å². The number of fused-ring (bicyclic) bond motifs is 5. The molecule has 0 amide bonds. The Bertz CT molecular complexity index is 716. The molecule has 0 unspecified atom stereocenters. The molecule has 0 heterocycles. The Hall–Kier alpha value is -0.560. The summed E-state index contributed by atoms with van der Waals surface area (Å²) in [5.74, 6) is 5.16. The van der Waals surface area contributed by atoms with Gasteiger partial charge in [0.15, 0.2) is 0 Å². The summed E-state index contributed by atoms with van der Waals surface area (Å²) in [7, 11) is 0. The summed E-state index contributed by atoms with van der Waals surface area (Å²) < 4.78 is 0. The summed E-state index contributed by atoms with van der Waals surface area (Å²) in [4.78, 5) is 0. The van der Waals surface area contributed by atoms with Gasteiger partial charge >= 0.3 is 0 Å². The molecule has 0 aromatic heterocycles. The van der Waals surface area contributed by atoms with Crippen molar-refractivity contribution in [3.8, 4) is 0 Å². The smallest absolute Gasteiger partial charge is 0.0568 e. The number of aliphatic hydroxyl groups is 1. The number of allylic oxidation sites excluding steroid dienone is 4. The Labute approximate surface area is 193 Å². The topological polar surface area (TPSA) is 20.2 Å². The minimum Gasteiger partial charge on any atom is -0.393 e. The number of aliphatic hydroxyl groups excluding tert-OH is 1. The van der Waals surface area contributed by atoms with Crippen LogP contribution in [0.15, 0.2) is 23.3 Å². The number of rotatable bonds is 5. The Balaban J connectivity index is 1.51. The zero-order valence-electron chi connectivity index (χ0n) is 21.6. The summed E-state index contributed by atoms with van der Waals surface area (Å²) in [6, 6.07) is 0. The average molecular weight is 427 g/mol. The van der Waals surface area contributed by atoms with E-state index in [1.54, 1.807) is 5.57 Å². The first-order valence-corrected chi connectivity index (χ1v) is 13.7. The molecule has 9 atom stereocenters. The van der Waals surface area contributed by atoms with Crippen molar-refractivity contribution in [3.63, 3.8) is 0 Å². The lowest BCUT2D eigenvalue weighted by molar-refractivity contribution is -0.0773. The van der Waals surface area contributed by atoms with E-state index in [1.807, 2.05) is 5.57 Å². The Morgan fingerprint density at radius 1 is 1.06 bits per heavy atom. The molecule has 0 aromatic carbocycles.